The molecule has 0 radical (unpaired) electrons. The molecule has 262 valence electrons. The summed E-state index contributed by atoms with van der Waals surface area (Å²) >= 11 is 0. The summed E-state index contributed by atoms with van der Waals surface area (Å²) in [4.78, 5) is 44.7. The number of nitrogens with zero attached hydrogens (tertiary/aromatic N) is 3. The van der Waals surface area contributed by atoms with E-state index in [1.807, 2.05) is 5.32 Å². The molecule has 3 heterocycles. The number of carbonyl (C=O) groups excluding carboxylic acids is 3. The predicted octanol–water partition coefficient (Wildman–Crippen LogP) is 1.69. The molecule has 2 aromatic rings. The largest absolute Gasteiger partial charge is 0.457 e. The monoisotopic (exact) mass is 695 g/mol. The second kappa shape index (κ2) is 15.2. The number of carbonyl (C=O) groups is 3. The van der Waals surface area contributed by atoms with E-state index in [-0.39, 0.29) is 31.6 Å². The van der Waals surface area contributed by atoms with Crippen LogP contribution in [0, 0.1) is 0 Å². The van der Waals surface area contributed by atoms with Crippen LogP contribution in [0.15, 0.2) is 48.5 Å². The van der Waals surface area contributed by atoms with Crippen molar-refractivity contribution in [3.05, 3.63) is 59.7 Å². The standard InChI is InChI=1S/C32H40F3N5O7S/c1-38-27(29(41)36-21-32(33,34)35)19-22-5-2-7-24(17-22)47-25-8-3-6-23(18-25)20-28(40-10-4-16-48(40,44)45)30(42)37-26(31(38)43)9-11-39-12-14-46-15-13-39/h2-3,5-8,17-18,26-28H,4,9-16,19-21H2,1H3,(H,36,41)(H,37,42)/t26-,27?,28?/m0/s1. The third-order valence-corrected chi connectivity index (χ3v) is 10.7. The van der Waals surface area contributed by atoms with Gasteiger partial charge in [0.2, 0.25) is 27.7 Å². The van der Waals surface area contributed by atoms with E-state index >= 15 is 0 Å². The predicted molar refractivity (Wildman–Crippen MR) is 169 cm³/mol. The topological polar surface area (TPSA) is 138 Å². The van der Waals surface area contributed by atoms with Crippen molar-refractivity contribution in [2.75, 3.05) is 58.7 Å². The molecular weight excluding hydrogens is 655 g/mol. The molecule has 0 aliphatic carbocycles. The molecule has 3 aliphatic rings. The highest BCUT2D eigenvalue weighted by Gasteiger charge is 2.41. The fraction of sp³-hybridized carbons (Fsp3) is 0.531. The summed E-state index contributed by atoms with van der Waals surface area (Å²) in [5.74, 6) is -1.75. The summed E-state index contributed by atoms with van der Waals surface area (Å²) in [5, 5.41) is 4.67. The number of halogens is 3. The van der Waals surface area contributed by atoms with Crippen LogP contribution < -0.4 is 15.4 Å². The average molecular weight is 696 g/mol. The first-order chi connectivity index (χ1) is 22.8. The van der Waals surface area contributed by atoms with Crippen LogP contribution in [0.4, 0.5) is 13.2 Å². The van der Waals surface area contributed by atoms with Crippen molar-refractivity contribution in [2.45, 2.75) is 50.0 Å². The van der Waals surface area contributed by atoms with E-state index in [0.29, 0.717) is 61.9 Å². The van der Waals surface area contributed by atoms with E-state index in [9.17, 15) is 36.0 Å². The summed E-state index contributed by atoms with van der Waals surface area (Å²) in [6, 6.07) is 9.72. The van der Waals surface area contributed by atoms with Gasteiger partial charge in [0, 0.05) is 39.6 Å². The lowest BCUT2D eigenvalue weighted by Gasteiger charge is -2.34. The van der Waals surface area contributed by atoms with Gasteiger partial charge in [0.1, 0.15) is 36.2 Å². The van der Waals surface area contributed by atoms with Crippen LogP contribution in [-0.4, -0.2) is 123 Å². The second-order valence-corrected chi connectivity index (χ2v) is 14.2. The Labute approximate surface area is 277 Å². The van der Waals surface area contributed by atoms with Gasteiger partial charge >= 0.3 is 6.18 Å². The number of fused-ring (bicyclic) bond motifs is 4. The van der Waals surface area contributed by atoms with E-state index in [4.69, 9.17) is 9.47 Å². The summed E-state index contributed by atoms with van der Waals surface area (Å²) < 4.78 is 78.1. The van der Waals surface area contributed by atoms with Gasteiger partial charge in [-0.3, -0.25) is 19.3 Å². The van der Waals surface area contributed by atoms with Gasteiger partial charge < -0.3 is 25.0 Å². The van der Waals surface area contributed by atoms with E-state index in [1.165, 1.54) is 7.05 Å². The van der Waals surface area contributed by atoms with Gasteiger partial charge in [0.15, 0.2) is 0 Å². The molecule has 0 spiro atoms. The van der Waals surface area contributed by atoms with Crippen molar-refractivity contribution in [2.24, 2.45) is 0 Å². The van der Waals surface area contributed by atoms with Gasteiger partial charge in [0.25, 0.3) is 0 Å². The molecule has 0 saturated carbocycles. The van der Waals surface area contributed by atoms with E-state index < -0.39 is 58.6 Å². The zero-order valence-corrected chi connectivity index (χ0v) is 27.4. The van der Waals surface area contributed by atoms with Gasteiger partial charge in [-0.05, 0) is 54.7 Å². The summed E-state index contributed by atoms with van der Waals surface area (Å²) in [5.41, 5.74) is 1.16. The lowest BCUT2D eigenvalue weighted by atomic mass is 10.0. The number of nitrogens with one attached hydrogen (secondary N) is 2. The lowest BCUT2D eigenvalue weighted by Crippen LogP contribution is -2.58. The van der Waals surface area contributed by atoms with Crippen molar-refractivity contribution >= 4 is 27.7 Å². The number of morpholine rings is 1. The minimum atomic E-state index is -4.68. The number of likely N-dealkylation sites (N-methyl/N-ethyl adjacent to an activating group) is 1. The minimum Gasteiger partial charge on any atom is -0.457 e. The van der Waals surface area contributed by atoms with Crippen LogP contribution in [-0.2, 0) is 42.0 Å². The third kappa shape index (κ3) is 9.24. The third-order valence-electron chi connectivity index (χ3n) is 8.71. The smallest absolute Gasteiger partial charge is 0.405 e. The highest BCUT2D eigenvalue weighted by Crippen LogP contribution is 2.27. The maximum Gasteiger partial charge on any atom is 0.405 e. The Balaban J connectivity index is 1.54. The summed E-state index contributed by atoms with van der Waals surface area (Å²) in [7, 11) is -2.46. The molecule has 2 N–H and O–H groups in total. The van der Waals surface area contributed by atoms with Crippen LogP contribution in [0.25, 0.3) is 0 Å². The zero-order chi connectivity index (χ0) is 34.5. The van der Waals surface area contributed by atoms with Crippen molar-refractivity contribution in [3.8, 4) is 11.5 Å². The van der Waals surface area contributed by atoms with Crippen LogP contribution in [0.3, 0.4) is 0 Å². The Morgan fingerprint density at radius 2 is 1.65 bits per heavy atom. The van der Waals surface area contributed by atoms with Crippen LogP contribution in [0.1, 0.15) is 24.0 Å². The molecule has 3 amide bonds. The first kappa shape index (κ1) is 35.6. The van der Waals surface area contributed by atoms with Gasteiger partial charge in [-0.25, -0.2) is 8.42 Å². The maximum absolute atomic E-state index is 14.2. The average Bonchev–Trinajstić information content (AvgIpc) is 3.40. The van der Waals surface area contributed by atoms with Gasteiger partial charge in [0.05, 0.1) is 19.0 Å². The molecule has 2 saturated heterocycles. The molecule has 16 heteroatoms. The number of amides is 3. The maximum atomic E-state index is 14.2. The van der Waals surface area contributed by atoms with E-state index in [1.54, 1.807) is 48.5 Å². The molecule has 48 heavy (non-hydrogen) atoms. The molecule has 2 unspecified atom stereocenters. The van der Waals surface area contributed by atoms with E-state index in [2.05, 4.69) is 10.2 Å². The van der Waals surface area contributed by atoms with Crippen molar-refractivity contribution in [3.63, 3.8) is 0 Å². The molecule has 2 fully saturated rings. The second-order valence-electron chi connectivity index (χ2n) is 12.2. The Bertz CT molecular complexity index is 1590. The Hall–Kier alpha value is -3.73. The molecule has 5 rings (SSSR count). The molecule has 0 aromatic heterocycles. The fourth-order valence-corrected chi connectivity index (χ4v) is 7.85. The quantitative estimate of drug-likeness (QED) is 0.466. The molecule has 3 aliphatic heterocycles. The molecular formula is C32H40F3N5O7S. The summed E-state index contributed by atoms with van der Waals surface area (Å²) in [6.07, 6.45) is -4.40. The first-order valence-corrected chi connectivity index (χ1v) is 17.5. The first-order valence-electron chi connectivity index (χ1n) is 15.9. The Morgan fingerprint density at radius 3 is 2.25 bits per heavy atom. The Kier molecular flexibility index (Phi) is 11.3. The highest BCUT2D eigenvalue weighted by molar-refractivity contribution is 7.89. The SMILES string of the molecule is CN1C(=O)[C@H](CCN2CCOCC2)NC(=O)C(N2CCCS2(=O)=O)Cc2cccc(c2)Oc2cccc(c2)CC1C(=O)NCC(F)(F)F. The number of rotatable bonds is 6. The van der Waals surface area contributed by atoms with Crippen LogP contribution in [0.5, 0.6) is 11.5 Å². The van der Waals surface area contributed by atoms with Crippen LogP contribution in [0.2, 0.25) is 0 Å². The minimum absolute atomic E-state index is 0.00894. The van der Waals surface area contributed by atoms with Gasteiger partial charge in [-0.1, -0.05) is 24.3 Å². The number of hydrogen-bond donors (Lipinski definition) is 2. The number of ether oxygens (including phenoxy) is 2. The highest BCUT2D eigenvalue weighted by atomic mass is 32.2. The summed E-state index contributed by atoms with van der Waals surface area (Å²) in [6.45, 7) is 1.07. The molecule has 4 bridgehead atoms. The number of alkyl halides is 3. The molecule has 12 nitrogen and oxygen atoms in total. The Morgan fingerprint density at radius 1 is 1.00 bits per heavy atom. The van der Waals surface area contributed by atoms with E-state index in [0.717, 1.165) is 9.21 Å². The fourth-order valence-electron chi connectivity index (χ4n) is 6.16. The zero-order valence-electron chi connectivity index (χ0n) is 26.6. The van der Waals surface area contributed by atoms with Crippen molar-refractivity contribution < 1.29 is 45.4 Å². The molecule has 2 aromatic carbocycles. The van der Waals surface area contributed by atoms with Gasteiger partial charge in [-0.15, -0.1) is 0 Å². The lowest BCUT2D eigenvalue weighted by molar-refractivity contribution is -0.147. The molecule has 3 atom stereocenters. The number of sulfonamides is 1. The normalized spacial score (nSPS) is 24.5. The van der Waals surface area contributed by atoms with Crippen molar-refractivity contribution in [1.29, 1.82) is 0 Å². The number of benzene rings is 2. The van der Waals surface area contributed by atoms with Crippen LogP contribution >= 0.6 is 0 Å². The van der Waals surface area contributed by atoms with Gasteiger partial charge in [-0.2, -0.15) is 17.5 Å². The van der Waals surface area contributed by atoms with Crippen molar-refractivity contribution in [1.82, 2.24) is 24.7 Å². The number of hydrogen-bond acceptors (Lipinski definition) is 8.